The quantitative estimate of drug-likeness (QED) is 0.312. The molecule has 5 rings (SSSR count). The first-order valence-corrected chi connectivity index (χ1v) is 12.6. The van der Waals surface area contributed by atoms with Crippen LogP contribution in [0.4, 0.5) is 0 Å². The molecule has 1 aromatic carbocycles. The molecule has 8 nitrogen and oxygen atoms in total. The average molecular weight is 489 g/mol. The number of hydrogen-bond donors (Lipinski definition) is 1. The van der Waals surface area contributed by atoms with E-state index in [1.165, 1.54) is 5.56 Å². The topological polar surface area (TPSA) is 87.4 Å². The van der Waals surface area contributed by atoms with E-state index in [0.29, 0.717) is 36.8 Å². The molecule has 36 heavy (non-hydrogen) atoms. The van der Waals surface area contributed by atoms with E-state index in [-0.39, 0.29) is 11.3 Å². The Morgan fingerprint density at radius 2 is 1.83 bits per heavy atom. The van der Waals surface area contributed by atoms with Crippen LogP contribution in [0.2, 0.25) is 0 Å². The van der Waals surface area contributed by atoms with Gasteiger partial charge in [-0.1, -0.05) is 37.3 Å². The van der Waals surface area contributed by atoms with Gasteiger partial charge < -0.3 is 14.7 Å². The van der Waals surface area contributed by atoms with Crippen molar-refractivity contribution in [1.82, 2.24) is 19.2 Å². The molecule has 1 N–H and O–H groups in total. The molecule has 1 atom stereocenters. The Hall–Kier alpha value is -3.49. The molecule has 1 unspecified atom stereocenters. The molecule has 0 saturated carbocycles. The summed E-state index contributed by atoms with van der Waals surface area (Å²) in [6, 6.07) is 12.8. The maximum absolute atomic E-state index is 13.4. The van der Waals surface area contributed by atoms with Gasteiger partial charge in [-0.05, 0) is 43.0 Å². The van der Waals surface area contributed by atoms with Crippen LogP contribution in [0.25, 0.3) is 11.4 Å². The number of aryl methyl sites for hydroxylation is 2. The first-order chi connectivity index (χ1) is 17.5. The van der Waals surface area contributed by atoms with E-state index in [2.05, 4.69) is 16.8 Å². The minimum absolute atomic E-state index is 0.115. The molecule has 1 amide bonds. The molecular weight excluding hydrogens is 456 g/mol. The Kier molecular flexibility index (Phi) is 6.89. The number of pyridine rings is 1. The van der Waals surface area contributed by atoms with Crippen molar-refractivity contribution in [2.24, 2.45) is 0 Å². The van der Waals surface area contributed by atoms with Crippen molar-refractivity contribution in [1.29, 1.82) is 0 Å². The standard InChI is InChI=1S/C28H32N4O4/c1-3-20-8-10-21(11-9-20)25-23(26(33)24-19(2)29-22-7-4-5-13-31(22)24)27(34)28(35)32(25)14-6-12-30-15-17-36-18-16-30/h4-5,7-11,13,25,33H,3,6,12,14-18H2,1-2H3/b26-23+. The van der Waals surface area contributed by atoms with Crippen LogP contribution < -0.4 is 0 Å². The summed E-state index contributed by atoms with van der Waals surface area (Å²) in [5.74, 6) is -1.42. The van der Waals surface area contributed by atoms with Crippen molar-refractivity contribution in [3.63, 3.8) is 0 Å². The predicted octanol–water partition coefficient (Wildman–Crippen LogP) is 3.35. The summed E-state index contributed by atoms with van der Waals surface area (Å²) in [5.41, 5.74) is 3.79. The number of hydrogen-bond acceptors (Lipinski definition) is 6. The minimum atomic E-state index is -0.659. The maximum atomic E-state index is 13.4. The molecule has 0 spiro atoms. The van der Waals surface area contributed by atoms with Gasteiger partial charge in [0.1, 0.15) is 11.3 Å². The number of likely N-dealkylation sites (tertiary alicyclic amines) is 1. The molecule has 8 heteroatoms. The number of fused-ring (bicyclic) bond motifs is 1. The molecule has 0 bridgehead atoms. The molecule has 0 radical (unpaired) electrons. The second kappa shape index (κ2) is 10.2. The highest BCUT2D eigenvalue weighted by atomic mass is 16.5. The molecule has 3 aromatic rings. The van der Waals surface area contributed by atoms with Gasteiger partial charge in [0, 0.05) is 32.4 Å². The highest BCUT2D eigenvalue weighted by molar-refractivity contribution is 6.46. The second-order valence-corrected chi connectivity index (χ2v) is 9.37. The number of carbonyl (C=O) groups is 2. The summed E-state index contributed by atoms with van der Waals surface area (Å²) >= 11 is 0. The Labute approximate surface area is 210 Å². The van der Waals surface area contributed by atoms with Crippen LogP contribution in [0.15, 0.2) is 54.2 Å². The number of imidazole rings is 1. The summed E-state index contributed by atoms with van der Waals surface area (Å²) in [4.78, 5) is 35.2. The van der Waals surface area contributed by atoms with Gasteiger partial charge in [-0.25, -0.2) is 4.98 Å². The first kappa shape index (κ1) is 24.2. The van der Waals surface area contributed by atoms with E-state index in [0.717, 1.165) is 38.0 Å². The number of Topliss-reactive ketones (excluding diaryl/α,β-unsaturated/α-hetero) is 1. The first-order valence-electron chi connectivity index (χ1n) is 12.6. The van der Waals surface area contributed by atoms with E-state index in [4.69, 9.17) is 4.74 Å². The number of amides is 1. The van der Waals surface area contributed by atoms with Crippen molar-refractivity contribution in [2.75, 3.05) is 39.4 Å². The van der Waals surface area contributed by atoms with Crippen LogP contribution in [0, 0.1) is 6.92 Å². The SMILES string of the molecule is CCc1ccc(C2/C(=C(\O)c3c(C)nc4ccccn34)C(=O)C(=O)N2CCCN2CCOCC2)cc1. The monoisotopic (exact) mass is 488 g/mol. The van der Waals surface area contributed by atoms with Gasteiger partial charge >= 0.3 is 0 Å². The number of aliphatic hydroxyl groups excluding tert-OH is 1. The molecule has 2 fully saturated rings. The highest BCUT2D eigenvalue weighted by Crippen LogP contribution is 2.40. The number of morpholine rings is 1. The van der Waals surface area contributed by atoms with Crippen LogP contribution >= 0.6 is 0 Å². The third-order valence-corrected chi connectivity index (χ3v) is 7.15. The third-order valence-electron chi connectivity index (χ3n) is 7.15. The van der Waals surface area contributed by atoms with Gasteiger partial charge in [0.25, 0.3) is 11.7 Å². The van der Waals surface area contributed by atoms with Gasteiger partial charge in [-0.15, -0.1) is 0 Å². The number of rotatable bonds is 7. The minimum Gasteiger partial charge on any atom is -0.505 e. The highest BCUT2D eigenvalue weighted by Gasteiger charge is 2.46. The Bertz CT molecular complexity index is 1300. The lowest BCUT2D eigenvalue weighted by Gasteiger charge is -2.29. The van der Waals surface area contributed by atoms with Gasteiger partial charge in [-0.3, -0.25) is 18.9 Å². The van der Waals surface area contributed by atoms with Crippen LogP contribution in [-0.4, -0.2) is 75.4 Å². The molecule has 2 aliphatic rings. The Morgan fingerprint density at radius 1 is 1.08 bits per heavy atom. The molecule has 2 aliphatic heterocycles. The molecule has 188 valence electrons. The van der Waals surface area contributed by atoms with Crippen molar-refractivity contribution in [3.05, 3.63) is 76.7 Å². The van der Waals surface area contributed by atoms with Crippen LogP contribution in [0.1, 0.15) is 41.9 Å². The van der Waals surface area contributed by atoms with E-state index in [1.54, 1.807) is 22.4 Å². The number of nitrogens with zero attached hydrogens (tertiary/aromatic N) is 4. The van der Waals surface area contributed by atoms with Crippen LogP contribution in [0.3, 0.4) is 0 Å². The summed E-state index contributed by atoms with van der Waals surface area (Å²) in [6.07, 6.45) is 3.42. The third kappa shape index (κ3) is 4.42. The zero-order valence-corrected chi connectivity index (χ0v) is 20.8. The fraction of sp³-hybridized carbons (Fsp3) is 0.393. The smallest absolute Gasteiger partial charge is 0.295 e. The van der Waals surface area contributed by atoms with Gasteiger partial charge in [0.15, 0.2) is 5.76 Å². The van der Waals surface area contributed by atoms with Crippen molar-refractivity contribution in [3.8, 4) is 0 Å². The Morgan fingerprint density at radius 3 is 2.56 bits per heavy atom. The largest absolute Gasteiger partial charge is 0.505 e. The van der Waals surface area contributed by atoms with Crippen molar-refractivity contribution in [2.45, 2.75) is 32.7 Å². The lowest BCUT2D eigenvalue weighted by Crippen LogP contribution is -2.38. The predicted molar refractivity (Wildman–Crippen MR) is 137 cm³/mol. The van der Waals surface area contributed by atoms with E-state index < -0.39 is 17.7 Å². The Balaban J connectivity index is 1.55. The zero-order valence-electron chi connectivity index (χ0n) is 20.8. The van der Waals surface area contributed by atoms with Crippen molar-refractivity contribution < 1.29 is 19.4 Å². The van der Waals surface area contributed by atoms with Gasteiger partial charge in [0.05, 0.1) is 30.5 Å². The molecule has 2 aromatic heterocycles. The molecule has 4 heterocycles. The number of carbonyl (C=O) groups excluding carboxylic acids is 2. The van der Waals surface area contributed by atoms with Gasteiger partial charge in [0.2, 0.25) is 0 Å². The number of benzene rings is 1. The lowest BCUT2D eigenvalue weighted by atomic mass is 9.95. The summed E-state index contributed by atoms with van der Waals surface area (Å²) in [7, 11) is 0. The average Bonchev–Trinajstić information content (AvgIpc) is 3.37. The van der Waals surface area contributed by atoms with Crippen LogP contribution in [-0.2, 0) is 20.7 Å². The van der Waals surface area contributed by atoms with Crippen molar-refractivity contribution >= 4 is 23.1 Å². The maximum Gasteiger partial charge on any atom is 0.295 e. The molecule has 2 saturated heterocycles. The summed E-state index contributed by atoms with van der Waals surface area (Å²) in [5, 5.41) is 11.6. The van der Waals surface area contributed by atoms with Crippen LogP contribution in [0.5, 0.6) is 0 Å². The summed E-state index contributed by atoms with van der Waals surface area (Å²) < 4.78 is 7.19. The number of ketones is 1. The fourth-order valence-corrected chi connectivity index (χ4v) is 5.21. The fourth-order valence-electron chi connectivity index (χ4n) is 5.21. The normalized spacial score (nSPS) is 20.5. The number of aliphatic hydroxyl groups is 1. The molecule has 0 aliphatic carbocycles. The second-order valence-electron chi connectivity index (χ2n) is 9.37. The van der Waals surface area contributed by atoms with Gasteiger partial charge in [-0.2, -0.15) is 0 Å². The summed E-state index contributed by atoms with van der Waals surface area (Å²) in [6.45, 7) is 8.29. The van der Waals surface area contributed by atoms with E-state index in [1.807, 2.05) is 42.5 Å². The number of ether oxygens (including phenoxy) is 1. The van der Waals surface area contributed by atoms with E-state index in [9.17, 15) is 14.7 Å². The lowest BCUT2D eigenvalue weighted by molar-refractivity contribution is -0.140. The zero-order chi connectivity index (χ0) is 25.2. The molecular formula is C28H32N4O4. The van der Waals surface area contributed by atoms with E-state index >= 15 is 0 Å². The number of aromatic nitrogens is 2.